The predicted molar refractivity (Wildman–Crippen MR) is 49.9 cm³/mol. The Morgan fingerprint density at radius 1 is 1.42 bits per heavy atom. The zero-order valence-electron chi connectivity index (χ0n) is 7.33. The molecule has 0 aliphatic carbocycles. The van der Waals surface area contributed by atoms with Crippen LogP contribution in [0.1, 0.15) is 19.4 Å². The van der Waals surface area contributed by atoms with Crippen LogP contribution < -0.4 is 5.73 Å². The van der Waals surface area contributed by atoms with E-state index in [0.717, 1.165) is 5.56 Å². The lowest BCUT2D eigenvalue weighted by Crippen LogP contribution is -2.28. The van der Waals surface area contributed by atoms with Crippen LogP contribution in [-0.4, -0.2) is 0 Å². The van der Waals surface area contributed by atoms with Gasteiger partial charge in [0, 0.05) is 5.54 Å². The summed E-state index contributed by atoms with van der Waals surface area (Å²) in [5, 5.41) is 0. The zero-order chi connectivity index (χ0) is 9.19. The number of rotatable bonds is 1. The average Bonchev–Trinajstić information content (AvgIpc) is 2.03. The highest BCUT2D eigenvalue weighted by Crippen LogP contribution is 2.21. The van der Waals surface area contributed by atoms with Crippen molar-refractivity contribution in [1.29, 1.82) is 0 Å². The van der Waals surface area contributed by atoms with Gasteiger partial charge >= 0.3 is 0 Å². The maximum absolute atomic E-state index is 6.83. The molecule has 0 aliphatic heterocycles. The standard InChI is InChI=1S/C10H12N2/c1-10(2,11)8-5-4-6-9(7-8)12-3/h4-7H,11H2,1-2H3. The molecule has 0 aromatic heterocycles. The van der Waals surface area contributed by atoms with Gasteiger partial charge in [0.05, 0.1) is 6.57 Å². The monoisotopic (exact) mass is 160 g/mol. The second-order valence-corrected chi connectivity index (χ2v) is 3.38. The van der Waals surface area contributed by atoms with Crippen molar-refractivity contribution in [2.75, 3.05) is 0 Å². The Kier molecular flexibility index (Phi) is 2.16. The molecule has 1 aromatic carbocycles. The average molecular weight is 160 g/mol. The third-order valence-electron chi connectivity index (χ3n) is 1.72. The van der Waals surface area contributed by atoms with Gasteiger partial charge in [0.2, 0.25) is 0 Å². The lowest BCUT2D eigenvalue weighted by Gasteiger charge is -2.19. The van der Waals surface area contributed by atoms with E-state index in [2.05, 4.69) is 4.85 Å². The third-order valence-corrected chi connectivity index (χ3v) is 1.72. The van der Waals surface area contributed by atoms with E-state index in [4.69, 9.17) is 12.3 Å². The first-order chi connectivity index (χ1) is 5.54. The molecule has 0 heterocycles. The summed E-state index contributed by atoms with van der Waals surface area (Å²) in [4.78, 5) is 3.34. The Bertz CT molecular complexity index is 315. The van der Waals surface area contributed by atoms with E-state index in [1.165, 1.54) is 0 Å². The first kappa shape index (κ1) is 8.76. The van der Waals surface area contributed by atoms with Crippen molar-refractivity contribution in [2.45, 2.75) is 19.4 Å². The number of hydrogen-bond donors (Lipinski definition) is 1. The highest BCUT2D eigenvalue weighted by Gasteiger charge is 2.13. The summed E-state index contributed by atoms with van der Waals surface area (Å²) in [5.41, 5.74) is 7.16. The van der Waals surface area contributed by atoms with Gasteiger partial charge < -0.3 is 5.73 Å². The Morgan fingerprint density at radius 3 is 2.58 bits per heavy atom. The fraction of sp³-hybridized carbons (Fsp3) is 0.300. The summed E-state index contributed by atoms with van der Waals surface area (Å²) in [6.07, 6.45) is 0. The first-order valence-electron chi connectivity index (χ1n) is 3.81. The first-order valence-corrected chi connectivity index (χ1v) is 3.81. The molecular formula is C10H12N2. The van der Waals surface area contributed by atoms with Gasteiger partial charge in [-0.15, -0.1) is 0 Å². The topological polar surface area (TPSA) is 30.4 Å². The molecule has 0 atom stereocenters. The summed E-state index contributed by atoms with van der Waals surface area (Å²) < 4.78 is 0. The van der Waals surface area contributed by atoms with Gasteiger partial charge in [-0.2, -0.15) is 0 Å². The lowest BCUT2D eigenvalue weighted by molar-refractivity contribution is 0.555. The fourth-order valence-corrected chi connectivity index (χ4v) is 0.976. The van der Waals surface area contributed by atoms with E-state index in [0.29, 0.717) is 5.69 Å². The molecule has 0 amide bonds. The van der Waals surface area contributed by atoms with Crippen LogP contribution >= 0.6 is 0 Å². The van der Waals surface area contributed by atoms with Crippen molar-refractivity contribution in [1.82, 2.24) is 0 Å². The molecule has 1 aromatic rings. The molecular weight excluding hydrogens is 148 g/mol. The Balaban J connectivity index is 3.13. The summed E-state index contributed by atoms with van der Waals surface area (Å²) in [5.74, 6) is 0. The van der Waals surface area contributed by atoms with Crippen molar-refractivity contribution in [3.8, 4) is 0 Å². The highest BCUT2D eigenvalue weighted by molar-refractivity contribution is 5.47. The van der Waals surface area contributed by atoms with Gasteiger partial charge in [0.15, 0.2) is 5.69 Å². The van der Waals surface area contributed by atoms with Gasteiger partial charge in [-0.25, -0.2) is 4.85 Å². The predicted octanol–water partition coefficient (Wildman–Crippen LogP) is 2.43. The van der Waals surface area contributed by atoms with Crippen molar-refractivity contribution in [3.63, 3.8) is 0 Å². The minimum Gasteiger partial charge on any atom is -0.322 e. The van der Waals surface area contributed by atoms with Crippen LogP contribution in [-0.2, 0) is 5.54 Å². The molecule has 1 rings (SSSR count). The maximum Gasteiger partial charge on any atom is 0.187 e. The van der Waals surface area contributed by atoms with E-state index in [1.807, 2.05) is 32.0 Å². The summed E-state index contributed by atoms with van der Waals surface area (Å²) >= 11 is 0. The van der Waals surface area contributed by atoms with E-state index < -0.39 is 0 Å². The van der Waals surface area contributed by atoms with E-state index in [1.54, 1.807) is 6.07 Å². The summed E-state index contributed by atoms with van der Waals surface area (Å²) in [7, 11) is 0. The van der Waals surface area contributed by atoms with Crippen molar-refractivity contribution < 1.29 is 0 Å². The minimum atomic E-state index is -0.360. The molecule has 12 heavy (non-hydrogen) atoms. The van der Waals surface area contributed by atoms with Gasteiger partial charge in [-0.1, -0.05) is 24.3 Å². The van der Waals surface area contributed by atoms with Crippen LogP contribution in [0.25, 0.3) is 4.85 Å². The molecule has 0 unspecified atom stereocenters. The van der Waals surface area contributed by atoms with Crippen LogP contribution in [0.5, 0.6) is 0 Å². The second kappa shape index (κ2) is 2.96. The fourth-order valence-electron chi connectivity index (χ4n) is 0.976. The zero-order valence-corrected chi connectivity index (χ0v) is 7.33. The van der Waals surface area contributed by atoms with Gasteiger partial charge in [0.25, 0.3) is 0 Å². The molecule has 0 radical (unpaired) electrons. The van der Waals surface area contributed by atoms with Crippen molar-refractivity contribution in [3.05, 3.63) is 41.2 Å². The molecule has 0 spiro atoms. The normalized spacial score (nSPS) is 10.8. The quantitative estimate of drug-likeness (QED) is 0.628. The molecule has 2 nitrogen and oxygen atoms in total. The molecule has 0 saturated carbocycles. The lowest BCUT2D eigenvalue weighted by atomic mass is 9.95. The Labute approximate surface area is 72.8 Å². The van der Waals surface area contributed by atoms with E-state index in [-0.39, 0.29) is 5.54 Å². The van der Waals surface area contributed by atoms with Crippen LogP contribution in [0.2, 0.25) is 0 Å². The second-order valence-electron chi connectivity index (χ2n) is 3.38. The number of nitrogens with two attached hydrogens (primary N) is 1. The number of benzene rings is 1. The van der Waals surface area contributed by atoms with Crippen LogP contribution in [0, 0.1) is 6.57 Å². The van der Waals surface area contributed by atoms with Crippen LogP contribution in [0.3, 0.4) is 0 Å². The SMILES string of the molecule is [C-]#[N+]c1cccc(C(C)(C)N)c1. The number of hydrogen-bond acceptors (Lipinski definition) is 1. The Hall–Kier alpha value is -1.33. The van der Waals surface area contributed by atoms with Gasteiger partial charge in [-0.3, -0.25) is 0 Å². The highest BCUT2D eigenvalue weighted by atomic mass is 14.7. The molecule has 2 heteroatoms. The minimum absolute atomic E-state index is 0.360. The van der Waals surface area contributed by atoms with Crippen LogP contribution in [0.4, 0.5) is 5.69 Å². The molecule has 0 fully saturated rings. The van der Waals surface area contributed by atoms with E-state index in [9.17, 15) is 0 Å². The van der Waals surface area contributed by atoms with E-state index >= 15 is 0 Å². The van der Waals surface area contributed by atoms with Gasteiger partial charge in [0.1, 0.15) is 0 Å². The van der Waals surface area contributed by atoms with Crippen molar-refractivity contribution in [2.24, 2.45) is 5.73 Å². The van der Waals surface area contributed by atoms with Crippen molar-refractivity contribution >= 4 is 5.69 Å². The van der Waals surface area contributed by atoms with Gasteiger partial charge in [-0.05, 0) is 19.4 Å². The molecule has 0 saturated heterocycles. The maximum atomic E-state index is 6.83. The molecule has 2 N–H and O–H groups in total. The van der Waals surface area contributed by atoms with Crippen LogP contribution in [0.15, 0.2) is 24.3 Å². The Morgan fingerprint density at radius 2 is 2.08 bits per heavy atom. The molecule has 0 aliphatic rings. The summed E-state index contributed by atoms with van der Waals surface area (Å²) in [6.45, 7) is 10.7. The number of nitrogens with zero attached hydrogens (tertiary/aromatic N) is 1. The third kappa shape index (κ3) is 1.84. The smallest absolute Gasteiger partial charge is 0.187 e. The molecule has 62 valence electrons. The summed E-state index contributed by atoms with van der Waals surface area (Å²) in [6, 6.07) is 7.40. The molecule has 0 bridgehead atoms. The largest absolute Gasteiger partial charge is 0.322 e.